The molecule has 2 heteroatoms. The molecule has 1 aliphatic rings. The van der Waals surface area contributed by atoms with Gasteiger partial charge in [-0.1, -0.05) is 25.5 Å². The Balaban J connectivity index is 2.29. The van der Waals surface area contributed by atoms with Gasteiger partial charge in [-0.2, -0.15) is 0 Å². The standard InChI is InChI=1S/C14H27NO/c1-5-14(10-16-4)15-9-13-7-11(2)6-12(3)8-13/h6,11,13-15H,5,7-10H2,1-4H3. The van der Waals surface area contributed by atoms with E-state index in [1.807, 2.05) is 0 Å². The van der Waals surface area contributed by atoms with Crippen molar-refractivity contribution in [3.8, 4) is 0 Å². The fraction of sp³-hybridized carbons (Fsp3) is 0.857. The van der Waals surface area contributed by atoms with Gasteiger partial charge in [0, 0.05) is 13.2 Å². The second kappa shape index (κ2) is 7.08. The molecule has 0 bridgehead atoms. The maximum atomic E-state index is 5.20. The van der Waals surface area contributed by atoms with Crippen LogP contribution in [0, 0.1) is 11.8 Å². The van der Waals surface area contributed by atoms with Crippen LogP contribution in [-0.2, 0) is 4.74 Å². The second-order valence-electron chi connectivity index (χ2n) is 5.26. The molecule has 3 atom stereocenters. The van der Waals surface area contributed by atoms with Crippen LogP contribution in [0.5, 0.6) is 0 Å². The fourth-order valence-electron chi connectivity index (χ4n) is 2.70. The molecule has 0 radical (unpaired) electrons. The number of rotatable bonds is 6. The zero-order chi connectivity index (χ0) is 12.0. The van der Waals surface area contributed by atoms with E-state index in [0.29, 0.717) is 6.04 Å². The normalized spacial score (nSPS) is 27.6. The zero-order valence-corrected chi connectivity index (χ0v) is 11.3. The van der Waals surface area contributed by atoms with Crippen molar-refractivity contribution in [1.29, 1.82) is 0 Å². The Morgan fingerprint density at radius 2 is 2.31 bits per heavy atom. The summed E-state index contributed by atoms with van der Waals surface area (Å²) in [4.78, 5) is 0. The lowest BCUT2D eigenvalue weighted by Gasteiger charge is -2.27. The summed E-state index contributed by atoms with van der Waals surface area (Å²) in [6.07, 6.45) is 6.16. The summed E-state index contributed by atoms with van der Waals surface area (Å²) in [6, 6.07) is 0.520. The third-order valence-electron chi connectivity index (χ3n) is 3.44. The van der Waals surface area contributed by atoms with E-state index in [9.17, 15) is 0 Å². The topological polar surface area (TPSA) is 21.3 Å². The van der Waals surface area contributed by atoms with E-state index in [1.165, 1.54) is 12.8 Å². The lowest BCUT2D eigenvalue weighted by molar-refractivity contribution is 0.160. The van der Waals surface area contributed by atoms with Gasteiger partial charge >= 0.3 is 0 Å². The molecule has 1 N–H and O–H groups in total. The van der Waals surface area contributed by atoms with Gasteiger partial charge in [-0.25, -0.2) is 0 Å². The summed E-state index contributed by atoms with van der Waals surface area (Å²) < 4.78 is 5.20. The van der Waals surface area contributed by atoms with Gasteiger partial charge in [-0.15, -0.1) is 0 Å². The average molecular weight is 225 g/mol. The number of methoxy groups -OCH3 is 1. The molecule has 0 aromatic carbocycles. The molecule has 1 aliphatic carbocycles. The minimum absolute atomic E-state index is 0.520. The van der Waals surface area contributed by atoms with Gasteiger partial charge in [0.1, 0.15) is 0 Å². The average Bonchev–Trinajstić information content (AvgIpc) is 2.23. The van der Waals surface area contributed by atoms with Crippen molar-refractivity contribution in [3.05, 3.63) is 11.6 Å². The molecule has 0 saturated heterocycles. The molecule has 0 aromatic rings. The Hall–Kier alpha value is -0.340. The molecule has 0 fully saturated rings. The maximum absolute atomic E-state index is 5.20. The van der Waals surface area contributed by atoms with Crippen molar-refractivity contribution in [2.45, 2.75) is 46.1 Å². The van der Waals surface area contributed by atoms with E-state index in [2.05, 4.69) is 32.2 Å². The molecule has 0 aromatic heterocycles. The van der Waals surface area contributed by atoms with Gasteiger partial charge < -0.3 is 10.1 Å². The van der Waals surface area contributed by atoms with Gasteiger partial charge in [0.05, 0.1) is 6.61 Å². The molecular weight excluding hydrogens is 198 g/mol. The van der Waals surface area contributed by atoms with Crippen LogP contribution in [0.15, 0.2) is 11.6 Å². The Morgan fingerprint density at radius 1 is 1.56 bits per heavy atom. The van der Waals surface area contributed by atoms with Crippen molar-refractivity contribution >= 4 is 0 Å². The largest absolute Gasteiger partial charge is 0.383 e. The summed E-state index contributed by atoms with van der Waals surface area (Å²) >= 11 is 0. The van der Waals surface area contributed by atoms with Crippen molar-refractivity contribution in [2.24, 2.45) is 11.8 Å². The lowest BCUT2D eigenvalue weighted by atomic mass is 9.83. The first-order valence-corrected chi connectivity index (χ1v) is 6.55. The number of allylic oxidation sites excluding steroid dienone is 2. The number of nitrogens with one attached hydrogen (secondary N) is 1. The Morgan fingerprint density at radius 3 is 2.88 bits per heavy atom. The smallest absolute Gasteiger partial charge is 0.0615 e. The summed E-state index contributed by atoms with van der Waals surface area (Å²) in [7, 11) is 1.78. The molecular formula is C14H27NO. The maximum Gasteiger partial charge on any atom is 0.0615 e. The predicted molar refractivity (Wildman–Crippen MR) is 69.6 cm³/mol. The van der Waals surface area contributed by atoms with E-state index in [4.69, 9.17) is 4.74 Å². The van der Waals surface area contributed by atoms with Gasteiger partial charge in [0.15, 0.2) is 0 Å². The Bertz CT molecular complexity index is 225. The highest BCUT2D eigenvalue weighted by Crippen LogP contribution is 2.27. The molecule has 2 nitrogen and oxygen atoms in total. The van der Waals surface area contributed by atoms with Crippen LogP contribution >= 0.6 is 0 Å². The molecule has 0 spiro atoms. The Labute approximate surface area is 100 Å². The molecule has 0 aliphatic heterocycles. The summed E-state index contributed by atoms with van der Waals surface area (Å²) in [5, 5.41) is 3.63. The first kappa shape index (κ1) is 13.7. The summed E-state index contributed by atoms with van der Waals surface area (Å²) in [6.45, 7) is 8.76. The Kier molecular flexibility index (Phi) is 6.07. The highest BCUT2D eigenvalue weighted by Gasteiger charge is 2.18. The lowest BCUT2D eigenvalue weighted by Crippen LogP contribution is -2.37. The van der Waals surface area contributed by atoms with E-state index in [0.717, 1.165) is 31.4 Å². The first-order chi connectivity index (χ1) is 7.65. The monoisotopic (exact) mass is 225 g/mol. The van der Waals surface area contributed by atoms with Crippen molar-refractivity contribution < 1.29 is 4.74 Å². The van der Waals surface area contributed by atoms with Crippen molar-refractivity contribution in [2.75, 3.05) is 20.3 Å². The number of hydrogen-bond donors (Lipinski definition) is 1. The first-order valence-electron chi connectivity index (χ1n) is 6.55. The molecule has 1 rings (SSSR count). The summed E-state index contributed by atoms with van der Waals surface area (Å²) in [5.74, 6) is 1.56. The molecule has 0 saturated carbocycles. The molecule has 0 amide bonds. The van der Waals surface area contributed by atoms with Gasteiger partial charge in [-0.3, -0.25) is 0 Å². The number of hydrogen-bond acceptors (Lipinski definition) is 2. The minimum Gasteiger partial charge on any atom is -0.383 e. The third kappa shape index (κ3) is 4.67. The van der Waals surface area contributed by atoms with E-state index >= 15 is 0 Å². The van der Waals surface area contributed by atoms with Crippen LogP contribution in [0.3, 0.4) is 0 Å². The van der Waals surface area contributed by atoms with Crippen LogP contribution in [0.1, 0.15) is 40.0 Å². The van der Waals surface area contributed by atoms with Crippen molar-refractivity contribution in [1.82, 2.24) is 5.32 Å². The molecule has 16 heavy (non-hydrogen) atoms. The van der Waals surface area contributed by atoms with Crippen LogP contribution in [-0.4, -0.2) is 26.3 Å². The van der Waals surface area contributed by atoms with Crippen LogP contribution in [0.4, 0.5) is 0 Å². The highest BCUT2D eigenvalue weighted by atomic mass is 16.5. The number of ether oxygens (including phenoxy) is 1. The minimum atomic E-state index is 0.520. The second-order valence-corrected chi connectivity index (χ2v) is 5.26. The molecule has 3 unspecified atom stereocenters. The van der Waals surface area contributed by atoms with E-state index in [1.54, 1.807) is 12.7 Å². The summed E-state index contributed by atoms with van der Waals surface area (Å²) in [5.41, 5.74) is 1.56. The highest BCUT2D eigenvalue weighted by molar-refractivity contribution is 5.06. The van der Waals surface area contributed by atoms with E-state index in [-0.39, 0.29) is 0 Å². The zero-order valence-electron chi connectivity index (χ0n) is 11.3. The molecule has 0 heterocycles. The van der Waals surface area contributed by atoms with Gasteiger partial charge in [-0.05, 0) is 44.6 Å². The SMILES string of the molecule is CCC(COC)NCC1CC(C)=CC(C)C1. The van der Waals surface area contributed by atoms with Gasteiger partial charge in [0.25, 0.3) is 0 Å². The fourth-order valence-corrected chi connectivity index (χ4v) is 2.70. The third-order valence-corrected chi connectivity index (χ3v) is 3.44. The predicted octanol–water partition coefficient (Wildman–Crippen LogP) is 2.99. The molecule has 94 valence electrons. The van der Waals surface area contributed by atoms with Gasteiger partial charge in [0.2, 0.25) is 0 Å². The van der Waals surface area contributed by atoms with E-state index < -0.39 is 0 Å². The van der Waals surface area contributed by atoms with Crippen LogP contribution in [0.25, 0.3) is 0 Å². The van der Waals surface area contributed by atoms with Crippen LogP contribution < -0.4 is 5.32 Å². The quantitative estimate of drug-likeness (QED) is 0.702. The van der Waals surface area contributed by atoms with Crippen molar-refractivity contribution in [3.63, 3.8) is 0 Å². The van der Waals surface area contributed by atoms with Crippen LogP contribution in [0.2, 0.25) is 0 Å².